The van der Waals surface area contributed by atoms with Crippen LogP contribution in [0.5, 0.6) is 5.75 Å². The highest BCUT2D eigenvalue weighted by Gasteiger charge is 2.12. The van der Waals surface area contributed by atoms with Crippen LogP contribution in [0.2, 0.25) is 0 Å². The Bertz CT molecular complexity index is 870. The van der Waals surface area contributed by atoms with Gasteiger partial charge in [0, 0.05) is 27.1 Å². The normalized spacial score (nSPS) is 10.7. The molecule has 0 aliphatic rings. The lowest BCUT2D eigenvalue weighted by molar-refractivity contribution is -0.0498. The molecule has 1 amide bonds. The zero-order valence-electron chi connectivity index (χ0n) is 12.4. The first-order chi connectivity index (χ1) is 12.0. The number of hydrogen-bond acceptors (Lipinski definition) is 5. The number of amides is 1. The van der Waals surface area contributed by atoms with Gasteiger partial charge in [0.2, 0.25) is 5.13 Å². The molecule has 0 aliphatic carbocycles. The van der Waals surface area contributed by atoms with Gasteiger partial charge in [-0.1, -0.05) is 15.9 Å². The SMILES string of the molecule is O=C(Nc1nc(-c2ccc(OC(F)F)cc2)ns1)c1ccc(Br)cc1. The van der Waals surface area contributed by atoms with Crippen molar-refractivity contribution >= 4 is 38.5 Å². The van der Waals surface area contributed by atoms with E-state index in [4.69, 9.17) is 0 Å². The number of halogens is 3. The molecule has 3 rings (SSSR count). The molecule has 1 N–H and O–H groups in total. The molecular weight excluding hydrogens is 416 g/mol. The standard InChI is InChI=1S/C16H10BrF2N3O2S/c17-11-5-1-10(2-6-11)14(23)21-16-20-13(22-25-16)9-3-7-12(8-4-9)24-15(18)19/h1-8,15H,(H,20,21,22,23). The first kappa shape index (κ1) is 17.4. The number of benzene rings is 2. The van der Waals surface area contributed by atoms with Crippen molar-refractivity contribution in [3.8, 4) is 17.1 Å². The number of nitrogens with zero attached hydrogens (tertiary/aromatic N) is 2. The maximum Gasteiger partial charge on any atom is 0.387 e. The number of hydrogen-bond donors (Lipinski definition) is 1. The first-order valence-corrected chi connectivity index (χ1v) is 8.54. The zero-order chi connectivity index (χ0) is 17.8. The molecule has 0 saturated carbocycles. The summed E-state index contributed by atoms with van der Waals surface area (Å²) in [5.41, 5.74) is 1.12. The van der Waals surface area contributed by atoms with Gasteiger partial charge in [0.05, 0.1) is 0 Å². The van der Waals surface area contributed by atoms with Crippen LogP contribution in [0.1, 0.15) is 10.4 Å². The minimum absolute atomic E-state index is 0.0535. The number of aromatic nitrogens is 2. The average Bonchev–Trinajstić information content (AvgIpc) is 3.04. The van der Waals surface area contributed by atoms with Crippen molar-refractivity contribution < 1.29 is 18.3 Å². The molecular formula is C16H10BrF2N3O2S. The van der Waals surface area contributed by atoms with Crippen LogP contribution in [0.15, 0.2) is 53.0 Å². The fourth-order valence-corrected chi connectivity index (χ4v) is 2.80. The summed E-state index contributed by atoms with van der Waals surface area (Å²) in [6.07, 6.45) is 0. The molecule has 0 fully saturated rings. The third-order valence-corrected chi connectivity index (χ3v) is 4.25. The van der Waals surface area contributed by atoms with E-state index < -0.39 is 6.61 Å². The molecule has 5 nitrogen and oxygen atoms in total. The minimum Gasteiger partial charge on any atom is -0.435 e. The van der Waals surface area contributed by atoms with E-state index in [0.717, 1.165) is 16.0 Å². The summed E-state index contributed by atoms with van der Waals surface area (Å²) in [6.45, 7) is -2.87. The van der Waals surface area contributed by atoms with E-state index in [-0.39, 0.29) is 11.7 Å². The molecule has 0 atom stereocenters. The maximum atomic E-state index is 12.1. The van der Waals surface area contributed by atoms with Crippen molar-refractivity contribution in [2.75, 3.05) is 5.32 Å². The minimum atomic E-state index is -2.87. The lowest BCUT2D eigenvalue weighted by Crippen LogP contribution is -2.11. The van der Waals surface area contributed by atoms with Crippen molar-refractivity contribution in [3.63, 3.8) is 0 Å². The number of alkyl halides is 2. The van der Waals surface area contributed by atoms with Crippen molar-refractivity contribution in [3.05, 3.63) is 58.6 Å². The molecule has 1 heterocycles. The number of carbonyl (C=O) groups excluding carboxylic acids is 1. The molecule has 1 aromatic heterocycles. The van der Waals surface area contributed by atoms with Crippen LogP contribution in [0.3, 0.4) is 0 Å². The lowest BCUT2D eigenvalue weighted by Gasteiger charge is -2.04. The second-order valence-electron chi connectivity index (χ2n) is 4.79. The van der Waals surface area contributed by atoms with Crippen molar-refractivity contribution in [2.24, 2.45) is 0 Å². The highest BCUT2D eigenvalue weighted by Crippen LogP contribution is 2.24. The van der Waals surface area contributed by atoms with Crippen LogP contribution >= 0.6 is 27.5 Å². The summed E-state index contributed by atoms with van der Waals surface area (Å²) >= 11 is 4.34. The van der Waals surface area contributed by atoms with Crippen LogP contribution in [-0.4, -0.2) is 21.9 Å². The van der Waals surface area contributed by atoms with Gasteiger partial charge in [0.25, 0.3) is 5.91 Å². The second kappa shape index (κ2) is 7.66. The van der Waals surface area contributed by atoms with E-state index in [9.17, 15) is 13.6 Å². The summed E-state index contributed by atoms with van der Waals surface area (Å²) in [7, 11) is 0. The highest BCUT2D eigenvalue weighted by atomic mass is 79.9. The molecule has 0 bridgehead atoms. The van der Waals surface area contributed by atoms with E-state index in [1.165, 1.54) is 12.1 Å². The van der Waals surface area contributed by atoms with Crippen LogP contribution in [-0.2, 0) is 0 Å². The van der Waals surface area contributed by atoms with Crippen LogP contribution in [0.4, 0.5) is 13.9 Å². The molecule has 9 heteroatoms. The molecule has 25 heavy (non-hydrogen) atoms. The van der Waals surface area contributed by atoms with Gasteiger partial charge in [-0.3, -0.25) is 10.1 Å². The maximum absolute atomic E-state index is 12.1. The monoisotopic (exact) mass is 425 g/mol. The Kier molecular flexibility index (Phi) is 5.34. The van der Waals surface area contributed by atoms with Crippen LogP contribution in [0, 0.1) is 0 Å². The van der Waals surface area contributed by atoms with Gasteiger partial charge in [-0.15, -0.1) is 0 Å². The quantitative estimate of drug-likeness (QED) is 0.636. The molecule has 0 spiro atoms. The number of rotatable bonds is 5. The lowest BCUT2D eigenvalue weighted by atomic mass is 10.2. The third kappa shape index (κ3) is 4.58. The molecule has 0 radical (unpaired) electrons. The van der Waals surface area contributed by atoms with E-state index in [1.54, 1.807) is 36.4 Å². The molecule has 128 valence electrons. The van der Waals surface area contributed by atoms with Gasteiger partial charge in [0.1, 0.15) is 5.75 Å². The van der Waals surface area contributed by atoms with Gasteiger partial charge >= 0.3 is 6.61 Å². The Labute approximate surface area is 154 Å². The topological polar surface area (TPSA) is 64.1 Å². The first-order valence-electron chi connectivity index (χ1n) is 6.97. The molecule has 0 unspecified atom stereocenters. The Balaban J connectivity index is 1.69. The predicted molar refractivity (Wildman–Crippen MR) is 94.1 cm³/mol. The van der Waals surface area contributed by atoms with E-state index >= 15 is 0 Å². The molecule has 2 aromatic carbocycles. The van der Waals surface area contributed by atoms with Crippen molar-refractivity contribution in [1.82, 2.24) is 9.36 Å². The van der Waals surface area contributed by atoms with Gasteiger partial charge < -0.3 is 4.74 Å². The average molecular weight is 426 g/mol. The summed E-state index contributed by atoms with van der Waals surface area (Å²) in [5.74, 6) is 0.147. The van der Waals surface area contributed by atoms with Crippen molar-refractivity contribution in [2.45, 2.75) is 6.61 Å². The van der Waals surface area contributed by atoms with Crippen molar-refractivity contribution in [1.29, 1.82) is 0 Å². The Morgan fingerprint density at radius 2 is 1.80 bits per heavy atom. The molecule has 3 aromatic rings. The summed E-state index contributed by atoms with van der Waals surface area (Å²) in [4.78, 5) is 16.4. The summed E-state index contributed by atoms with van der Waals surface area (Å²) < 4.78 is 33.6. The number of anilines is 1. The van der Waals surface area contributed by atoms with E-state index in [0.29, 0.717) is 22.1 Å². The fraction of sp³-hybridized carbons (Fsp3) is 0.0625. The highest BCUT2D eigenvalue weighted by molar-refractivity contribution is 9.10. The summed E-state index contributed by atoms with van der Waals surface area (Å²) in [5, 5.41) is 3.02. The fourth-order valence-electron chi connectivity index (χ4n) is 1.95. The second-order valence-corrected chi connectivity index (χ2v) is 6.45. The zero-order valence-corrected chi connectivity index (χ0v) is 14.9. The number of carbonyl (C=O) groups is 1. The number of ether oxygens (including phenoxy) is 1. The molecule has 0 saturated heterocycles. The van der Waals surface area contributed by atoms with E-state index in [1.807, 2.05) is 0 Å². The Morgan fingerprint density at radius 3 is 2.44 bits per heavy atom. The Morgan fingerprint density at radius 1 is 1.12 bits per heavy atom. The number of nitrogens with one attached hydrogen (secondary N) is 1. The summed E-state index contributed by atoms with van der Waals surface area (Å²) in [6, 6.07) is 12.9. The van der Waals surface area contributed by atoms with Gasteiger partial charge in [-0.2, -0.15) is 18.1 Å². The van der Waals surface area contributed by atoms with Gasteiger partial charge in [-0.05, 0) is 48.5 Å². The predicted octanol–water partition coefficient (Wildman–Crippen LogP) is 4.82. The van der Waals surface area contributed by atoms with E-state index in [2.05, 4.69) is 35.3 Å². The van der Waals surface area contributed by atoms with Crippen LogP contribution < -0.4 is 10.1 Å². The van der Waals surface area contributed by atoms with Gasteiger partial charge in [0.15, 0.2) is 5.82 Å². The van der Waals surface area contributed by atoms with Crippen LogP contribution in [0.25, 0.3) is 11.4 Å². The molecule has 0 aliphatic heterocycles. The third-order valence-electron chi connectivity index (χ3n) is 3.09. The largest absolute Gasteiger partial charge is 0.435 e. The smallest absolute Gasteiger partial charge is 0.387 e. The van der Waals surface area contributed by atoms with Gasteiger partial charge in [-0.25, -0.2) is 0 Å². The Hall–Kier alpha value is -2.39.